The van der Waals surface area contributed by atoms with Gasteiger partial charge in [0, 0.05) is 24.9 Å². The smallest absolute Gasteiger partial charge is 0.275 e. The number of non-ortho nitro benzene ring substituents is 1. The monoisotopic (exact) mass is 288 g/mol. The molecule has 0 aliphatic heterocycles. The van der Waals surface area contributed by atoms with E-state index >= 15 is 0 Å². The van der Waals surface area contributed by atoms with Gasteiger partial charge in [-0.25, -0.2) is 0 Å². The fourth-order valence-corrected chi connectivity index (χ4v) is 1.75. The molecule has 0 atom stereocenters. The highest BCUT2D eigenvalue weighted by atomic mass is 16.6. The highest BCUT2D eigenvalue weighted by Crippen LogP contribution is 2.25. The highest BCUT2D eigenvalue weighted by molar-refractivity contribution is 5.56. The minimum absolute atomic E-state index is 0.0131. The predicted molar refractivity (Wildman–Crippen MR) is 80.1 cm³/mol. The number of hydrogen-bond acceptors (Lipinski definition) is 5. The van der Waals surface area contributed by atoms with Crippen molar-refractivity contribution in [3.8, 4) is 11.5 Å². The zero-order chi connectivity index (χ0) is 15.1. The summed E-state index contributed by atoms with van der Waals surface area (Å²) in [7, 11) is 1.70. The number of nitrogens with zero attached hydrogens (tertiary/aromatic N) is 1. The number of nitrogens with one attached hydrogen (secondary N) is 1. The number of ether oxygens (including phenoxy) is 2. The third-order valence-corrected chi connectivity index (χ3v) is 2.75. The van der Waals surface area contributed by atoms with E-state index in [-0.39, 0.29) is 5.69 Å². The summed E-state index contributed by atoms with van der Waals surface area (Å²) in [5.74, 6) is 1.20. The lowest BCUT2D eigenvalue weighted by Gasteiger charge is -2.09. The molecule has 2 aromatic rings. The lowest BCUT2D eigenvalue weighted by Crippen LogP contribution is -2.09. The molecular formula is C15H16N2O4. The van der Waals surface area contributed by atoms with Crippen LogP contribution in [0.1, 0.15) is 0 Å². The van der Waals surface area contributed by atoms with Crippen LogP contribution < -0.4 is 14.8 Å². The molecular weight excluding hydrogens is 272 g/mol. The van der Waals surface area contributed by atoms with Crippen LogP contribution in [0.3, 0.4) is 0 Å². The summed E-state index contributed by atoms with van der Waals surface area (Å²) in [6.45, 7) is 0.667. The van der Waals surface area contributed by atoms with E-state index in [1.807, 2.05) is 30.3 Å². The van der Waals surface area contributed by atoms with Gasteiger partial charge in [-0.1, -0.05) is 18.2 Å². The van der Waals surface area contributed by atoms with Gasteiger partial charge in [-0.15, -0.1) is 0 Å². The summed E-state index contributed by atoms with van der Waals surface area (Å²) >= 11 is 0. The Kier molecular flexibility index (Phi) is 4.98. The third-order valence-electron chi connectivity index (χ3n) is 2.75. The molecule has 2 aromatic carbocycles. The molecule has 110 valence electrons. The SMILES string of the molecule is CNc1cc(OCCOc2ccccc2)cc([N+](=O)[O-])c1. The fraction of sp³-hybridized carbons (Fsp3) is 0.200. The molecule has 2 rings (SSSR count). The Morgan fingerprint density at radius 3 is 2.33 bits per heavy atom. The number of rotatable bonds is 7. The first kappa shape index (κ1) is 14.6. The van der Waals surface area contributed by atoms with Crippen LogP contribution in [-0.2, 0) is 0 Å². The van der Waals surface area contributed by atoms with Gasteiger partial charge in [0.1, 0.15) is 24.7 Å². The van der Waals surface area contributed by atoms with Gasteiger partial charge in [0.25, 0.3) is 5.69 Å². The molecule has 0 aromatic heterocycles. The molecule has 0 amide bonds. The van der Waals surface area contributed by atoms with E-state index in [1.165, 1.54) is 12.1 Å². The number of nitro groups is 1. The number of anilines is 1. The Balaban J connectivity index is 1.90. The van der Waals surface area contributed by atoms with Crippen LogP contribution in [0, 0.1) is 10.1 Å². The van der Waals surface area contributed by atoms with Gasteiger partial charge in [-0.2, -0.15) is 0 Å². The number of nitro benzene ring substituents is 1. The second kappa shape index (κ2) is 7.14. The van der Waals surface area contributed by atoms with Crippen molar-refractivity contribution in [1.29, 1.82) is 0 Å². The van der Waals surface area contributed by atoms with Gasteiger partial charge in [-0.3, -0.25) is 10.1 Å². The van der Waals surface area contributed by atoms with Gasteiger partial charge in [0.05, 0.1) is 11.0 Å². The summed E-state index contributed by atoms with van der Waals surface area (Å²) in [6.07, 6.45) is 0. The topological polar surface area (TPSA) is 73.6 Å². The average molecular weight is 288 g/mol. The van der Waals surface area contributed by atoms with E-state index in [0.29, 0.717) is 24.7 Å². The van der Waals surface area contributed by atoms with Gasteiger partial charge >= 0.3 is 0 Å². The second-order valence-electron chi connectivity index (χ2n) is 4.23. The van der Waals surface area contributed by atoms with E-state index in [2.05, 4.69) is 5.32 Å². The average Bonchev–Trinajstić information content (AvgIpc) is 2.52. The van der Waals surface area contributed by atoms with E-state index in [0.717, 1.165) is 5.75 Å². The molecule has 0 saturated heterocycles. The van der Waals surface area contributed by atoms with Crippen molar-refractivity contribution in [3.63, 3.8) is 0 Å². The van der Waals surface area contributed by atoms with Crippen molar-refractivity contribution < 1.29 is 14.4 Å². The number of hydrogen-bond donors (Lipinski definition) is 1. The van der Waals surface area contributed by atoms with Crippen LogP contribution in [0.15, 0.2) is 48.5 Å². The first-order valence-electron chi connectivity index (χ1n) is 6.47. The van der Waals surface area contributed by atoms with Crippen molar-refractivity contribution in [2.45, 2.75) is 0 Å². The van der Waals surface area contributed by atoms with Crippen molar-refractivity contribution >= 4 is 11.4 Å². The predicted octanol–water partition coefficient (Wildman–Crippen LogP) is 3.09. The summed E-state index contributed by atoms with van der Waals surface area (Å²) in [6, 6.07) is 13.9. The zero-order valence-corrected chi connectivity index (χ0v) is 11.6. The van der Waals surface area contributed by atoms with E-state index in [4.69, 9.17) is 9.47 Å². The van der Waals surface area contributed by atoms with Gasteiger partial charge in [0.15, 0.2) is 0 Å². The van der Waals surface area contributed by atoms with E-state index < -0.39 is 4.92 Å². The number of benzene rings is 2. The lowest BCUT2D eigenvalue weighted by molar-refractivity contribution is -0.384. The van der Waals surface area contributed by atoms with Crippen molar-refractivity contribution in [1.82, 2.24) is 0 Å². The molecule has 6 nitrogen and oxygen atoms in total. The third kappa shape index (κ3) is 4.38. The molecule has 1 N–H and O–H groups in total. The molecule has 0 fully saturated rings. The van der Waals surface area contributed by atoms with E-state index in [1.54, 1.807) is 13.1 Å². The molecule has 0 saturated carbocycles. The Bertz CT molecular complexity index is 602. The van der Waals surface area contributed by atoms with Crippen LogP contribution in [0.5, 0.6) is 11.5 Å². The second-order valence-corrected chi connectivity index (χ2v) is 4.23. The molecule has 0 aliphatic carbocycles. The van der Waals surface area contributed by atoms with Crippen LogP contribution in [-0.4, -0.2) is 25.2 Å². The van der Waals surface area contributed by atoms with Crippen molar-refractivity contribution in [3.05, 3.63) is 58.6 Å². The van der Waals surface area contributed by atoms with Crippen LogP contribution in [0.25, 0.3) is 0 Å². The Morgan fingerprint density at radius 2 is 1.71 bits per heavy atom. The van der Waals surface area contributed by atoms with Crippen LogP contribution >= 0.6 is 0 Å². The minimum Gasteiger partial charge on any atom is -0.490 e. The highest BCUT2D eigenvalue weighted by Gasteiger charge is 2.10. The largest absolute Gasteiger partial charge is 0.490 e. The first-order valence-corrected chi connectivity index (χ1v) is 6.47. The van der Waals surface area contributed by atoms with E-state index in [9.17, 15) is 10.1 Å². The van der Waals surface area contributed by atoms with Crippen LogP contribution in [0.2, 0.25) is 0 Å². The first-order chi connectivity index (χ1) is 10.2. The summed E-state index contributed by atoms with van der Waals surface area (Å²) in [5.41, 5.74) is 0.615. The molecule has 0 bridgehead atoms. The van der Waals surface area contributed by atoms with Crippen LogP contribution in [0.4, 0.5) is 11.4 Å². The molecule has 0 aliphatic rings. The quantitative estimate of drug-likeness (QED) is 0.481. The molecule has 0 radical (unpaired) electrons. The molecule has 21 heavy (non-hydrogen) atoms. The minimum atomic E-state index is -0.450. The molecule has 6 heteroatoms. The molecule has 0 spiro atoms. The molecule has 0 unspecified atom stereocenters. The summed E-state index contributed by atoms with van der Waals surface area (Å²) < 4.78 is 11.0. The van der Waals surface area contributed by atoms with Crippen molar-refractivity contribution in [2.24, 2.45) is 0 Å². The maximum Gasteiger partial charge on any atom is 0.275 e. The normalized spacial score (nSPS) is 9.95. The Hall–Kier alpha value is -2.76. The maximum atomic E-state index is 10.8. The summed E-state index contributed by atoms with van der Waals surface area (Å²) in [4.78, 5) is 10.4. The lowest BCUT2D eigenvalue weighted by atomic mass is 10.2. The van der Waals surface area contributed by atoms with Gasteiger partial charge in [0.2, 0.25) is 0 Å². The Morgan fingerprint density at radius 1 is 1.05 bits per heavy atom. The Labute approximate surface area is 122 Å². The number of para-hydroxylation sites is 1. The fourth-order valence-electron chi connectivity index (χ4n) is 1.75. The van der Waals surface area contributed by atoms with Crippen molar-refractivity contribution in [2.75, 3.05) is 25.6 Å². The zero-order valence-electron chi connectivity index (χ0n) is 11.6. The summed E-state index contributed by atoms with van der Waals surface area (Å²) in [5, 5.41) is 13.7. The van der Waals surface area contributed by atoms with Gasteiger partial charge in [-0.05, 0) is 12.1 Å². The van der Waals surface area contributed by atoms with Gasteiger partial charge < -0.3 is 14.8 Å². The maximum absolute atomic E-state index is 10.8. The standard InChI is InChI=1S/C15H16N2O4/c1-16-12-9-13(17(18)19)11-15(10-12)21-8-7-20-14-5-3-2-4-6-14/h2-6,9-11,16H,7-8H2,1H3. The molecule has 0 heterocycles.